The molecule has 2 aliphatic rings. The summed E-state index contributed by atoms with van der Waals surface area (Å²) in [5.41, 5.74) is 8.21. The van der Waals surface area contributed by atoms with Crippen LogP contribution in [0.3, 0.4) is 0 Å². The SMILES string of the molecule is CNNCC(=O)N1CCc2ccc(OCCCN3CCCCC3)cc2C1. The van der Waals surface area contributed by atoms with Crippen LogP contribution in [0.25, 0.3) is 0 Å². The molecule has 0 aromatic heterocycles. The maximum atomic E-state index is 12.2. The average Bonchev–Trinajstić information content (AvgIpc) is 2.69. The molecule has 0 unspecified atom stereocenters. The molecule has 1 aromatic rings. The van der Waals surface area contributed by atoms with Crippen molar-refractivity contribution in [3.05, 3.63) is 29.3 Å². The Hall–Kier alpha value is -1.63. The molecule has 1 fully saturated rings. The third-order valence-electron chi connectivity index (χ3n) is 5.30. The highest BCUT2D eigenvalue weighted by molar-refractivity contribution is 5.78. The fourth-order valence-corrected chi connectivity index (χ4v) is 3.77. The van der Waals surface area contributed by atoms with Gasteiger partial charge in [-0.05, 0) is 69.1 Å². The Morgan fingerprint density at radius 3 is 2.81 bits per heavy atom. The molecule has 0 saturated carbocycles. The van der Waals surface area contributed by atoms with Gasteiger partial charge in [-0.1, -0.05) is 12.5 Å². The Morgan fingerprint density at radius 2 is 2.00 bits per heavy atom. The number of carbonyl (C=O) groups excluding carboxylic acids is 1. The number of nitrogens with zero attached hydrogens (tertiary/aromatic N) is 2. The van der Waals surface area contributed by atoms with Crippen LogP contribution in [0, 0.1) is 0 Å². The second-order valence-corrected chi connectivity index (χ2v) is 7.20. The minimum Gasteiger partial charge on any atom is -0.494 e. The van der Waals surface area contributed by atoms with E-state index < -0.39 is 0 Å². The summed E-state index contributed by atoms with van der Waals surface area (Å²) in [6, 6.07) is 6.34. The molecule has 0 radical (unpaired) electrons. The van der Waals surface area contributed by atoms with Crippen LogP contribution < -0.4 is 15.6 Å². The lowest BCUT2D eigenvalue weighted by Crippen LogP contribution is -2.43. The van der Waals surface area contributed by atoms with E-state index in [0.717, 1.165) is 38.3 Å². The molecule has 0 bridgehead atoms. The predicted molar refractivity (Wildman–Crippen MR) is 103 cm³/mol. The van der Waals surface area contributed by atoms with Crippen LogP contribution in [0.1, 0.15) is 36.8 Å². The summed E-state index contributed by atoms with van der Waals surface area (Å²) in [6.07, 6.45) is 6.04. The summed E-state index contributed by atoms with van der Waals surface area (Å²) in [5, 5.41) is 0. The number of carbonyl (C=O) groups is 1. The van der Waals surface area contributed by atoms with Crippen molar-refractivity contribution in [1.29, 1.82) is 0 Å². The van der Waals surface area contributed by atoms with E-state index in [1.807, 2.05) is 4.90 Å². The van der Waals surface area contributed by atoms with Crippen LogP contribution in [-0.4, -0.2) is 62.1 Å². The van der Waals surface area contributed by atoms with Crippen LogP contribution in [0.15, 0.2) is 18.2 Å². The van der Waals surface area contributed by atoms with Crippen molar-refractivity contribution in [2.75, 3.05) is 46.4 Å². The van der Waals surface area contributed by atoms with Gasteiger partial charge in [-0.15, -0.1) is 0 Å². The van der Waals surface area contributed by atoms with Crippen LogP contribution >= 0.6 is 0 Å². The summed E-state index contributed by atoms with van der Waals surface area (Å²) in [7, 11) is 1.77. The van der Waals surface area contributed by atoms with Crippen LogP contribution in [0.2, 0.25) is 0 Å². The molecule has 1 saturated heterocycles. The molecule has 1 amide bonds. The first-order valence-electron chi connectivity index (χ1n) is 9.90. The zero-order valence-electron chi connectivity index (χ0n) is 15.9. The molecule has 3 rings (SSSR count). The van der Waals surface area contributed by atoms with E-state index in [1.54, 1.807) is 7.05 Å². The number of likely N-dealkylation sites (tertiary alicyclic amines) is 1. The number of benzene rings is 1. The predicted octanol–water partition coefficient (Wildman–Crippen LogP) is 1.55. The minimum absolute atomic E-state index is 0.123. The van der Waals surface area contributed by atoms with Gasteiger partial charge in [0, 0.05) is 19.6 Å². The molecular formula is C20H32N4O2. The van der Waals surface area contributed by atoms with Gasteiger partial charge in [0.15, 0.2) is 0 Å². The van der Waals surface area contributed by atoms with Gasteiger partial charge in [0.05, 0.1) is 13.2 Å². The number of fused-ring (bicyclic) bond motifs is 1. The number of hydrogen-bond acceptors (Lipinski definition) is 5. The van der Waals surface area contributed by atoms with E-state index in [0.29, 0.717) is 13.1 Å². The lowest BCUT2D eigenvalue weighted by Gasteiger charge is -2.29. The molecule has 26 heavy (non-hydrogen) atoms. The minimum atomic E-state index is 0.123. The third-order valence-corrected chi connectivity index (χ3v) is 5.30. The van der Waals surface area contributed by atoms with Crippen molar-refractivity contribution in [1.82, 2.24) is 20.7 Å². The van der Waals surface area contributed by atoms with E-state index in [2.05, 4.69) is 34.0 Å². The highest BCUT2D eigenvalue weighted by Crippen LogP contribution is 2.24. The van der Waals surface area contributed by atoms with Gasteiger partial charge in [0.1, 0.15) is 5.75 Å². The quantitative estimate of drug-likeness (QED) is 0.544. The fraction of sp³-hybridized carbons (Fsp3) is 0.650. The Bertz CT molecular complexity index is 587. The van der Waals surface area contributed by atoms with E-state index in [4.69, 9.17) is 4.74 Å². The van der Waals surface area contributed by atoms with Crippen molar-refractivity contribution in [3.8, 4) is 5.75 Å². The van der Waals surface area contributed by atoms with Gasteiger partial charge in [0.2, 0.25) is 5.91 Å². The van der Waals surface area contributed by atoms with E-state index >= 15 is 0 Å². The molecular weight excluding hydrogens is 328 g/mol. The van der Waals surface area contributed by atoms with Crippen molar-refractivity contribution in [2.24, 2.45) is 0 Å². The van der Waals surface area contributed by atoms with Crippen molar-refractivity contribution in [2.45, 2.75) is 38.6 Å². The van der Waals surface area contributed by atoms with Crippen molar-refractivity contribution < 1.29 is 9.53 Å². The normalized spacial score (nSPS) is 17.8. The van der Waals surface area contributed by atoms with E-state index in [9.17, 15) is 4.79 Å². The Kier molecular flexibility index (Phi) is 7.29. The van der Waals surface area contributed by atoms with Crippen LogP contribution in [0.5, 0.6) is 5.75 Å². The monoisotopic (exact) mass is 360 g/mol. The van der Waals surface area contributed by atoms with Gasteiger partial charge in [0.25, 0.3) is 0 Å². The highest BCUT2D eigenvalue weighted by atomic mass is 16.5. The first-order valence-corrected chi connectivity index (χ1v) is 9.90. The van der Waals surface area contributed by atoms with Gasteiger partial charge < -0.3 is 14.5 Å². The number of amides is 1. The van der Waals surface area contributed by atoms with Gasteiger partial charge in [-0.3, -0.25) is 10.2 Å². The maximum absolute atomic E-state index is 12.2. The zero-order chi connectivity index (χ0) is 18.2. The van der Waals surface area contributed by atoms with Crippen LogP contribution in [-0.2, 0) is 17.8 Å². The highest BCUT2D eigenvalue weighted by Gasteiger charge is 2.20. The number of hydrazine groups is 1. The maximum Gasteiger partial charge on any atom is 0.238 e. The largest absolute Gasteiger partial charge is 0.494 e. The second kappa shape index (κ2) is 9.90. The molecule has 2 N–H and O–H groups in total. The molecule has 6 nitrogen and oxygen atoms in total. The van der Waals surface area contributed by atoms with Crippen LogP contribution in [0.4, 0.5) is 0 Å². The first-order chi connectivity index (χ1) is 12.8. The average molecular weight is 361 g/mol. The Labute approximate surface area is 156 Å². The molecule has 144 valence electrons. The van der Waals surface area contributed by atoms with Gasteiger partial charge >= 0.3 is 0 Å². The zero-order valence-corrected chi connectivity index (χ0v) is 15.9. The summed E-state index contributed by atoms with van der Waals surface area (Å²) < 4.78 is 5.97. The standard InChI is InChI=1S/C20H32N4O2/c1-21-22-15-20(25)24-12-8-17-6-7-19(14-18(17)16-24)26-13-5-11-23-9-3-2-4-10-23/h6-7,14,21-22H,2-5,8-13,15-16H2,1H3. The fourth-order valence-electron chi connectivity index (χ4n) is 3.77. The van der Waals surface area contributed by atoms with Crippen molar-refractivity contribution >= 4 is 5.91 Å². The van der Waals surface area contributed by atoms with Gasteiger partial charge in [-0.25, -0.2) is 5.43 Å². The van der Waals surface area contributed by atoms with Gasteiger partial charge in [-0.2, -0.15) is 0 Å². The summed E-state index contributed by atoms with van der Waals surface area (Å²) >= 11 is 0. The molecule has 0 aliphatic carbocycles. The first kappa shape index (κ1) is 19.1. The molecule has 1 aromatic carbocycles. The van der Waals surface area contributed by atoms with E-state index in [-0.39, 0.29) is 5.91 Å². The number of ether oxygens (including phenoxy) is 1. The lowest BCUT2D eigenvalue weighted by molar-refractivity contribution is -0.131. The number of piperidine rings is 1. The van der Waals surface area contributed by atoms with Crippen molar-refractivity contribution in [3.63, 3.8) is 0 Å². The molecule has 2 heterocycles. The summed E-state index contributed by atoms with van der Waals surface area (Å²) in [4.78, 5) is 16.7. The lowest BCUT2D eigenvalue weighted by atomic mass is 9.99. The number of hydrogen-bond donors (Lipinski definition) is 2. The third kappa shape index (κ3) is 5.43. The molecule has 2 aliphatic heterocycles. The van der Waals surface area contributed by atoms with E-state index in [1.165, 1.54) is 43.5 Å². The summed E-state index contributed by atoms with van der Waals surface area (Å²) in [5.74, 6) is 1.04. The topological polar surface area (TPSA) is 56.8 Å². The smallest absolute Gasteiger partial charge is 0.238 e. The number of rotatable bonds is 8. The molecule has 0 atom stereocenters. The molecule has 6 heteroatoms. The number of nitrogens with one attached hydrogen (secondary N) is 2. The molecule has 0 spiro atoms. The second-order valence-electron chi connectivity index (χ2n) is 7.20. The Balaban J connectivity index is 1.46. The summed E-state index contributed by atoms with van der Waals surface area (Å²) in [6.45, 7) is 6.14. The Morgan fingerprint density at radius 1 is 1.15 bits per heavy atom.